The van der Waals surface area contributed by atoms with Crippen LogP contribution >= 0.6 is 11.3 Å². The Morgan fingerprint density at radius 3 is 2.63 bits per heavy atom. The minimum Gasteiger partial charge on any atom is -0.493 e. The summed E-state index contributed by atoms with van der Waals surface area (Å²) in [6.07, 6.45) is 2.36. The fourth-order valence-electron chi connectivity index (χ4n) is 3.92. The van der Waals surface area contributed by atoms with Gasteiger partial charge in [0.2, 0.25) is 0 Å². The largest absolute Gasteiger partial charge is 0.493 e. The molecule has 4 aromatic rings. The lowest BCUT2D eigenvalue weighted by Crippen LogP contribution is -2.09. The van der Waals surface area contributed by atoms with Crippen LogP contribution in [-0.2, 0) is 11.2 Å². The molecule has 2 aromatic heterocycles. The molecule has 0 spiro atoms. The highest BCUT2D eigenvalue weighted by atomic mass is 32.1. The number of rotatable bonds is 9. The summed E-state index contributed by atoms with van der Waals surface area (Å²) in [4.78, 5) is 21.2. The van der Waals surface area contributed by atoms with Crippen LogP contribution in [0.25, 0.3) is 21.8 Å². The smallest absolute Gasteiger partial charge is 0.303 e. The number of aliphatic carboxylic acids is 1. The van der Waals surface area contributed by atoms with E-state index >= 15 is 0 Å². The molecule has 0 amide bonds. The molecular formula is C28H27FN2O3S. The Balaban J connectivity index is 1.42. The Morgan fingerprint density at radius 2 is 1.94 bits per heavy atom. The van der Waals surface area contributed by atoms with Gasteiger partial charge < -0.3 is 9.84 Å². The number of carboxylic acid groups (broad SMARTS) is 1. The maximum absolute atomic E-state index is 14.1. The van der Waals surface area contributed by atoms with Crippen LogP contribution in [0.4, 0.5) is 4.39 Å². The van der Waals surface area contributed by atoms with Crippen molar-refractivity contribution in [2.24, 2.45) is 0 Å². The second kappa shape index (κ2) is 10.8. The second-order valence-corrected chi connectivity index (χ2v) is 9.77. The third-order valence-electron chi connectivity index (χ3n) is 5.88. The molecule has 0 radical (unpaired) electrons. The minimum absolute atomic E-state index is 0.0811. The molecule has 0 saturated heterocycles. The fourth-order valence-corrected chi connectivity index (χ4v) is 4.94. The average Bonchev–Trinajstić information content (AvgIpc) is 3.24. The van der Waals surface area contributed by atoms with Gasteiger partial charge in [-0.05, 0) is 67.8 Å². The highest BCUT2D eigenvalue weighted by Gasteiger charge is 2.17. The van der Waals surface area contributed by atoms with E-state index in [1.807, 2.05) is 37.3 Å². The number of halogens is 1. The van der Waals surface area contributed by atoms with E-state index in [4.69, 9.17) is 14.8 Å². The van der Waals surface area contributed by atoms with Gasteiger partial charge in [-0.3, -0.25) is 9.78 Å². The van der Waals surface area contributed by atoms with Gasteiger partial charge in [0, 0.05) is 34.5 Å². The van der Waals surface area contributed by atoms with Gasteiger partial charge in [0.25, 0.3) is 0 Å². The number of aryl methyl sites for hydroxylation is 3. The molecule has 0 fully saturated rings. The highest BCUT2D eigenvalue weighted by molar-refractivity contribution is 7.15. The zero-order valence-electron chi connectivity index (χ0n) is 19.9. The van der Waals surface area contributed by atoms with E-state index in [1.165, 1.54) is 6.07 Å². The first kappa shape index (κ1) is 24.5. The van der Waals surface area contributed by atoms with E-state index in [9.17, 15) is 9.18 Å². The van der Waals surface area contributed by atoms with Crippen molar-refractivity contribution < 1.29 is 19.0 Å². The number of ether oxygens (including phenoxy) is 1. The molecule has 5 nitrogen and oxygen atoms in total. The molecule has 0 saturated carbocycles. The van der Waals surface area contributed by atoms with Gasteiger partial charge >= 0.3 is 5.97 Å². The summed E-state index contributed by atoms with van der Waals surface area (Å²) in [7, 11) is 0. The fraction of sp³-hybridized carbons (Fsp3) is 0.250. The lowest BCUT2D eigenvalue weighted by atomic mass is 10.0. The topological polar surface area (TPSA) is 72.3 Å². The van der Waals surface area contributed by atoms with Crippen LogP contribution in [-0.4, -0.2) is 27.7 Å². The van der Waals surface area contributed by atoms with E-state index in [0.29, 0.717) is 24.3 Å². The Kier molecular flexibility index (Phi) is 7.56. The summed E-state index contributed by atoms with van der Waals surface area (Å²) >= 11 is 1.61. The van der Waals surface area contributed by atoms with E-state index < -0.39 is 5.97 Å². The summed E-state index contributed by atoms with van der Waals surface area (Å²) in [5, 5.41) is 9.76. The molecule has 0 aliphatic rings. The van der Waals surface area contributed by atoms with Gasteiger partial charge in [0.05, 0.1) is 18.0 Å². The molecule has 0 aliphatic carbocycles. The van der Waals surface area contributed by atoms with Crippen molar-refractivity contribution in [2.45, 2.75) is 39.5 Å². The van der Waals surface area contributed by atoms with E-state index in [2.05, 4.69) is 18.8 Å². The molecular weight excluding hydrogens is 463 g/mol. The maximum Gasteiger partial charge on any atom is 0.303 e. The standard InChI is InChI=1S/C28H27FN2O3S/c1-17-14-22(11-8-20(17)10-13-26(32)33)34-16-18(2)27-19(3)35-28(31-27)21-9-12-25(30-15-21)23-6-4-5-7-24(23)29/h4-9,11-12,14-15,18H,10,13,16H2,1-3H3,(H,32,33). The van der Waals surface area contributed by atoms with Crippen LogP contribution < -0.4 is 4.74 Å². The number of pyridine rings is 1. The molecule has 7 heteroatoms. The number of hydrogen-bond donors (Lipinski definition) is 1. The molecule has 1 N–H and O–H groups in total. The Morgan fingerprint density at radius 1 is 1.14 bits per heavy atom. The van der Waals surface area contributed by atoms with Crippen molar-refractivity contribution in [3.63, 3.8) is 0 Å². The Bertz CT molecular complexity index is 1330. The molecule has 2 heterocycles. The summed E-state index contributed by atoms with van der Waals surface area (Å²) in [6, 6.07) is 16.1. The van der Waals surface area contributed by atoms with E-state index in [1.54, 1.807) is 35.7 Å². The normalized spacial score (nSPS) is 11.9. The Labute approximate surface area is 208 Å². The number of carbonyl (C=O) groups is 1. The average molecular weight is 491 g/mol. The first-order valence-corrected chi connectivity index (χ1v) is 12.3. The summed E-state index contributed by atoms with van der Waals surface area (Å²) in [5.74, 6) is -0.250. The van der Waals surface area contributed by atoms with Crippen LogP contribution in [0, 0.1) is 19.7 Å². The lowest BCUT2D eigenvalue weighted by Gasteiger charge is -2.14. The van der Waals surface area contributed by atoms with Gasteiger partial charge in [0.1, 0.15) is 16.6 Å². The van der Waals surface area contributed by atoms with Crippen LogP contribution in [0.2, 0.25) is 0 Å². The number of carboxylic acids is 1. The molecule has 35 heavy (non-hydrogen) atoms. The van der Waals surface area contributed by atoms with Crippen molar-refractivity contribution in [1.29, 1.82) is 0 Å². The van der Waals surface area contributed by atoms with Crippen LogP contribution in [0.5, 0.6) is 5.75 Å². The summed E-state index contributed by atoms with van der Waals surface area (Å²) < 4.78 is 20.1. The molecule has 1 atom stereocenters. The maximum atomic E-state index is 14.1. The quantitative estimate of drug-likeness (QED) is 0.278. The number of nitrogens with zero attached hydrogens (tertiary/aromatic N) is 2. The van der Waals surface area contributed by atoms with Gasteiger partial charge in [0.15, 0.2) is 0 Å². The van der Waals surface area contributed by atoms with Crippen LogP contribution in [0.3, 0.4) is 0 Å². The number of thiazole rings is 1. The predicted molar refractivity (Wildman–Crippen MR) is 137 cm³/mol. The van der Waals surface area contributed by atoms with E-state index in [0.717, 1.165) is 38.0 Å². The van der Waals surface area contributed by atoms with Crippen molar-refractivity contribution in [3.05, 3.63) is 88.3 Å². The molecule has 180 valence electrons. The SMILES string of the molecule is Cc1cc(OCC(C)c2nc(-c3ccc(-c4ccccc4F)nc3)sc2C)ccc1CCC(=O)O. The molecule has 2 aromatic carbocycles. The number of aromatic nitrogens is 2. The first-order valence-electron chi connectivity index (χ1n) is 11.4. The zero-order chi connectivity index (χ0) is 24.9. The monoisotopic (exact) mass is 490 g/mol. The Hall–Kier alpha value is -3.58. The van der Waals surface area contributed by atoms with Crippen molar-refractivity contribution in [2.75, 3.05) is 6.61 Å². The lowest BCUT2D eigenvalue weighted by molar-refractivity contribution is -0.136. The molecule has 1 unspecified atom stereocenters. The van der Waals surface area contributed by atoms with Crippen molar-refractivity contribution in [3.8, 4) is 27.6 Å². The third-order valence-corrected chi connectivity index (χ3v) is 6.92. The van der Waals surface area contributed by atoms with E-state index in [-0.39, 0.29) is 18.2 Å². The zero-order valence-corrected chi connectivity index (χ0v) is 20.7. The highest BCUT2D eigenvalue weighted by Crippen LogP contribution is 2.32. The van der Waals surface area contributed by atoms with Gasteiger partial charge in [-0.25, -0.2) is 9.37 Å². The van der Waals surface area contributed by atoms with Gasteiger partial charge in [-0.2, -0.15) is 0 Å². The van der Waals surface area contributed by atoms with Crippen LogP contribution in [0.15, 0.2) is 60.8 Å². The molecule has 4 rings (SSSR count). The predicted octanol–water partition coefficient (Wildman–Crippen LogP) is 6.83. The van der Waals surface area contributed by atoms with Gasteiger partial charge in [-0.15, -0.1) is 11.3 Å². The first-order chi connectivity index (χ1) is 16.8. The number of benzene rings is 2. The second-order valence-electron chi connectivity index (χ2n) is 8.57. The number of hydrogen-bond acceptors (Lipinski definition) is 5. The minimum atomic E-state index is -0.798. The third kappa shape index (κ3) is 5.92. The van der Waals surface area contributed by atoms with Crippen molar-refractivity contribution >= 4 is 17.3 Å². The van der Waals surface area contributed by atoms with Crippen molar-refractivity contribution in [1.82, 2.24) is 9.97 Å². The summed E-state index contributed by atoms with van der Waals surface area (Å²) in [6.45, 7) is 6.58. The molecule has 0 aliphatic heterocycles. The summed E-state index contributed by atoms with van der Waals surface area (Å²) in [5.41, 5.74) is 4.98. The van der Waals surface area contributed by atoms with Crippen LogP contribution in [0.1, 0.15) is 41.0 Å². The molecule has 0 bridgehead atoms. The van der Waals surface area contributed by atoms with Gasteiger partial charge in [-0.1, -0.05) is 25.1 Å².